The van der Waals surface area contributed by atoms with Crippen molar-refractivity contribution in [1.82, 2.24) is 4.98 Å². The van der Waals surface area contributed by atoms with E-state index >= 15 is 0 Å². The van der Waals surface area contributed by atoms with Gasteiger partial charge in [-0.25, -0.2) is 14.2 Å². The van der Waals surface area contributed by atoms with E-state index in [0.29, 0.717) is 22.1 Å². The number of hydrogen-bond acceptors (Lipinski definition) is 6. The van der Waals surface area contributed by atoms with Crippen molar-refractivity contribution in [1.29, 1.82) is 0 Å². The SMILES string of the molecule is COc1ccccc1C(=O)OCc1csc(N(C(C)=O)c2ccccc2F)n1. The second kappa shape index (κ2) is 8.62. The zero-order valence-corrected chi connectivity index (χ0v) is 16.0. The molecule has 0 unspecified atom stereocenters. The molecule has 3 rings (SSSR count). The number of carbonyl (C=O) groups excluding carboxylic acids is 2. The van der Waals surface area contributed by atoms with E-state index in [1.807, 2.05) is 0 Å². The molecule has 0 aliphatic rings. The number of benzene rings is 2. The summed E-state index contributed by atoms with van der Waals surface area (Å²) in [5.74, 6) is -1.05. The standard InChI is InChI=1S/C20H17FN2O4S/c1-13(24)23(17-9-5-4-8-16(17)21)20-22-14(12-28-20)11-27-19(25)15-7-3-6-10-18(15)26-2/h3-10,12H,11H2,1-2H3. The maximum Gasteiger partial charge on any atom is 0.342 e. The lowest BCUT2D eigenvalue weighted by Gasteiger charge is -2.18. The molecule has 1 amide bonds. The molecule has 28 heavy (non-hydrogen) atoms. The van der Waals surface area contributed by atoms with Crippen molar-refractivity contribution in [2.45, 2.75) is 13.5 Å². The zero-order chi connectivity index (χ0) is 20.1. The third-order valence-electron chi connectivity index (χ3n) is 3.82. The number of rotatable bonds is 6. The van der Waals surface area contributed by atoms with Crippen LogP contribution in [-0.2, 0) is 16.1 Å². The van der Waals surface area contributed by atoms with Crippen LogP contribution in [0, 0.1) is 5.82 Å². The van der Waals surface area contributed by atoms with Gasteiger partial charge in [-0.05, 0) is 24.3 Å². The second-order valence-electron chi connectivity index (χ2n) is 5.70. The maximum atomic E-state index is 14.1. The fourth-order valence-corrected chi connectivity index (χ4v) is 3.40. The Bertz CT molecular complexity index is 1010. The van der Waals surface area contributed by atoms with Gasteiger partial charge in [0.25, 0.3) is 0 Å². The third kappa shape index (κ3) is 4.17. The first kappa shape index (κ1) is 19.5. The van der Waals surface area contributed by atoms with Gasteiger partial charge in [0.1, 0.15) is 23.7 Å². The van der Waals surface area contributed by atoms with Crippen molar-refractivity contribution in [2.75, 3.05) is 12.0 Å². The van der Waals surface area contributed by atoms with E-state index in [0.717, 1.165) is 11.3 Å². The number of aromatic nitrogens is 1. The molecule has 144 valence electrons. The minimum Gasteiger partial charge on any atom is -0.496 e. The highest BCUT2D eigenvalue weighted by Gasteiger charge is 2.21. The molecular formula is C20H17FN2O4S. The molecule has 0 saturated carbocycles. The van der Waals surface area contributed by atoms with Crippen molar-refractivity contribution in [3.8, 4) is 5.75 Å². The first-order valence-corrected chi connectivity index (χ1v) is 9.19. The Morgan fingerprint density at radius 3 is 2.57 bits per heavy atom. The molecule has 0 aliphatic heterocycles. The van der Waals surface area contributed by atoms with Gasteiger partial charge in [-0.2, -0.15) is 0 Å². The van der Waals surface area contributed by atoms with Gasteiger partial charge in [0.05, 0.1) is 18.5 Å². The molecule has 0 aliphatic carbocycles. The summed E-state index contributed by atoms with van der Waals surface area (Å²) in [6, 6.07) is 12.7. The van der Waals surface area contributed by atoms with E-state index in [1.165, 1.54) is 31.1 Å². The lowest BCUT2D eigenvalue weighted by Crippen LogP contribution is -2.23. The predicted octanol–water partition coefficient (Wildman–Crippen LogP) is 4.33. The van der Waals surface area contributed by atoms with E-state index in [4.69, 9.17) is 9.47 Å². The van der Waals surface area contributed by atoms with Crippen LogP contribution < -0.4 is 9.64 Å². The van der Waals surface area contributed by atoms with E-state index in [2.05, 4.69) is 4.98 Å². The topological polar surface area (TPSA) is 68.7 Å². The number of hydrogen-bond donors (Lipinski definition) is 0. The first-order chi connectivity index (χ1) is 13.5. The summed E-state index contributed by atoms with van der Waals surface area (Å²) in [6.07, 6.45) is 0. The molecule has 8 heteroatoms. The van der Waals surface area contributed by atoms with Gasteiger partial charge in [-0.1, -0.05) is 24.3 Å². The van der Waals surface area contributed by atoms with Crippen molar-refractivity contribution >= 4 is 34.0 Å². The van der Waals surface area contributed by atoms with Crippen LogP contribution in [-0.4, -0.2) is 24.0 Å². The first-order valence-electron chi connectivity index (χ1n) is 8.31. The van der Waals surface area contributed by atoms with E-state index in [-0.39, 0.29) is 18.2 Å². The number of ether oxygens (including phenoxy) is 2. The number of halogens is 1. The number of esters is 1. The minimum absolute atomic E-state index is 0.0869. The zero-order valence-electron chi connectivity index (χ0n) is 15.2. The molecule has 0 radical (unpaired) electrons. The van der Waals surface area contributed by atoms with Gasteiger partial charge >= 0.3 is 5.97 Å². The minimum atomic E-state index is -0.551. The van der Waals surface area contributed by atoms with Crippen LogP contribution in [0.4, 0.5) is 15.2 Å². The average molecular weight is 400 g/mol. The molecular weight excluding hydrogens is 383 g/mol. The number of anilines is 2. The Morgan fingerprint density at radius 1 is 1.14 bits per heavy atom. The van der Waals surface area contributed by atoms with E-state index in [9.17, 15) is 14.0 Å². The molecule has 0 saturated heterocycles. The van der Waals surface area contributed by atoms with Crippen LogP contribution >= 0.6 is 11.3 Å². The number of thiazole rings is 1. The highest BCUT2D eigenvalue weighted by Crippen LogP contribution is 2.31. The number of carbonyl (C=O) groups is 2. The summed E-state index contributed by atoms with van der Waals surface area (Å²) in [7, 11) is 1.47. The summed E-state index contributed by atoms with van der Waals surface area (Å²) in [5.41, 5.74) is 0.866. The molecule has 0 bridgehead atoms. The maximum absolute atomic E-state index is 14.1. The lowest BCUT2D eigenvalue weighted by molar-refractivity contribution is -0.115. The third-order valence-corrected chi connectivity index (χ3v) is 4.69. The molecule has 0 N–H and O–H groups in total. The highest BCUT2D eigenvalue weighted by atomic mass is 32.1. The molecule has 6 nitrogen and oxygen atoms in total. The quantitative estimate of drug-likeness (QED) is 0.576. The van der Waals surface area contributed by atoms with Crippen LogP contribution in [0.1, 0.15) is 23.0 Å². The number of nitrogens with zero attached hydrogens (tertiary/aromatic N) is 2. The van der Waals surface area contributed by atoms with Crippen LogP contribution in [0.15, 0.2) is 53.9 Å². The normalized spacial score (nSPS) is 10.4. The Hall–Kier alpha value is -3.26. The van der Waals surface area contributed by atoms with E-state index in [1.54, 1.807) is 41.8 Å². The summed E-state index contributed by atoms with van der Waals surface area (Å²) in [5, 5.41) is 1.95. The Balaban J connectivity index is 1.75. The summed E-state index contributed by atoms with van der Waals surface area (Å²) < 4.78 is 24.5. The largest absolute Gasteiger partial charge is 0.496 e. The van der Waals surface area contributed by atoms with Gasteiger partial charge in [-0.15, -0.1) is 11.3 Å². The van der Waals surface area contributed by atoms with Crippen LogP contribution in [0.5, 0.6) is 5.75 Å². The second-order valence-corrected chi connectivity index (χ2v) is 6.54. The molecule has 3 aromatic rings. The lowest BCUT2D eigenvalue weighted by atomic mass is 10.2. The number of amides is 1. The summed E-state index contributed by atoms with van der Waals surface area (Å²) in [6.45, 7) is 1.24. The van der Waals surface area contributed by atoms with Gasteiger partial charge in [0.2, 0.25) is 5.91 Å². The predicted molar refractivity (Wildman–Crippen MR) is 103 cm³/mol. The molecule has 0 fully saturated rings. The molecule has 1 aromatic heterocycles. The van der Waals surface area contributed by atoms with Crippen LogP contribution in [0.2, 0.25) is 0 Å². The Morgan fingerprint density at radius 2 is 1.86 bits per heavy atom. The molecule has 0 atom stereocenters. The van der Waals surface area contributed by atoms with Gasteiger partial charge in [-0.3, -0.25) is 9.69 Å². The van der Waals surface area contributed by atoms with Crippen LogP contribution in [0.3, 0.4) is 0 Å². The molecule has 2 aromatic carbocycles. The highest BCUT2D eigenvalue weighted by molar-refractivity contribution is 7.14. The molecule has 0 spiro atoms. The average Bonchev–Trinajstić information content (AvgIpc) is 3.16. The van der Waals surface area contributed by atoms with E-state index < -0.39 is 11.8 Å². The Labute approximate surface area is 165 Å². The van der Waals surface area contributed by atoms with Crippen molar-refractivity contribution < 1.29 is 23.5 Å². The van der Waals surface area contributed by atoms with Gasteiger partial charge in [0, 0.05) is 12.3 Å². The number of methoxy groups -OCH3 is 1. The summed E-state index contributed by atoms with van der Waals surface area (Å²) >= 11 is 1.16. The Kier molecular flexibility index (Phi) is 6.00. The van der Waals surface area contributed by atoms with Crippen molar-refractivity contribution in [3.05, 3.63) is 71.0 Å². The number of para-hydroxylation sites is 2. The van der Waals surface area contributed by atoms with Gasteiger partial charge in [0.15, 0.2) is 5.13 Å². The fourth-order valence-electron chi connectivity index (χ4n) is 2.54. The molecule has 1 heterocycles. The van der Waals surface area contributed by atoms with Crippen molar-refractivity contribution in [2.24, 2.45) is 0 Å². The van der Waals surface area contributed by atoms with Crippen LogP contribution in [0.25, 0.3) is 0 Å². The fraction of sp³-hybridized carbons (Fsp3) is 0.150. The van der Waals surface area contributed by atoms with Gasteiger partial charge < -0.3 is 9.47 Å². The smallest absolute Gasteiger partial charge is 0.342 e. The monoisotopic (exact) mass is 400 g/mol. The van der Waals surface area contributed by atoms with Crippen molar-refractivity contribution in [3.63, 3.8) is 0 Å². The summed E-state index contributed by atoms with van der Waals surface area (Å²) in [4.78, 5) is 29.8.